The molecule has 0 atom stereocenters. The van der Waals surface area contributed by atoms with Gasteiger partial charge in [0.15, 0.2) is 5.96 Å². The first-order valence-corrected chi connectivity index (χ1v) is 7.68. The number of halogens is 4. The lowest BCUT2D eigenvalue weighted by Crippen LogP contribution is -2.24. The molecule has 0 radical (unpaired) electrons. The van der Waals surface area contributed by atoms with E-state index in [4.69, 9.17) is 11.0 Å². The molecule has 1 aromatic carbocycles. The highest BCUT2D eigenvalue weighted by atomic mass is 127. The maximum atomic E-state index is 12.1. The van der Waals surface area contributed by atoms with E-state index in [0.717, 1.165) is 25.7 Å². The molecule has 0 saturated heterocycles. The number of aliphatic imine (C=N–C) groups is 1. The molecular weight excluding hydrogens is 448 g/mol. The van der Waals surface area contributed by atoms with E-state index < -0.39 is 6.36 Å². The van der Waals surface area contributed by atoms with Crippen LogP contribution in [0.15, 0.2) is 29.3 Å². The van der Waals surface area contributed by atoms with Gasteiger partial charge in [0.1, 0.15) is 5.75 Å². The predicted octanol–water partition coefficient (Wildman–Crippen LogP) is 4.26. The Morgan fingerprint density at radius 1 is 1.24 bits per heavy atom. The number of rotatable bonds is 4. The van der Waals surface area contributed by atoms with Crippen molar-refractivity contribution in [1.82, 2.24) is 0 Å². The minimum atomic E-state index is -4.71. The molecule has 138 valence electrons. The summed E-state index contributed by atoms with van der Waals surface area (Å²) in [5, 5.41) is 11.7. The Bertz CT molecular complexity index is 605. The van der Waals surface area contributed by atoms with E-state index in [1.54, 1.807) is 0 Å². The van der Waals surface area contributed by atoms with Crippen LogP contribution >= 0.6 is 24.0 Å². The fourth-order valence-electron chi connectivity index (χ4n) is 2.63. The number of guanidine groups is 1. The highest BCUT2D eigenvalue weighted by Gasteiger charge is 2.30. The highest BCUT2D eigenvalue weighted by molar-refractivity contribution is 14.0. The average molecular weight is 468 g/mol. The molecule has 2 rings (SSSR count). The van der Waals surface area contributed by atoms with Crippen molar-refractivity contribution in [2.75, 3.05) is 11.9 Å². The lowest BCUT2D eigenvalue weighted by atomic mass is 9.83. The first-order chi connectivity index (χ1) is 11.4. The van der Waals surface area contributed by atoms with Gasteiger partial charge in [0, 0.05) is 18.2 Å². The Morgan fingerprint density at radius 3 is 2.36 bits per heavy atom. The van der Waals surface area contributed by atoms with Crippen molar-refractivity contribution in [3.8, 4) is 11.8 Å². The smallest absolute Gasteiger partial charge is 0.406 e. The zero-order chi connectivity index (χ0) is 17.6. The van der Waals surface area contributed by atoms with Crippen LogP contribution in [0.1, 0.15) is 25.7 Å². The van der Waals surface area contributed by atoms with E-state index in [1.165, 1.54) is 24.3 Å². The van der Waals surface area contributed by atoms with Crippen LogP contribution in [0.3, 0.4) is 0 Å². The Hall–Kier alpha value is -1.70. The quantitative estimate of drug-likeness (QED) is 0.393. The van der Waals surface area contributed by atoms with Gasteiger partial charge in [0.25, 0.3) is 0 Å². The number of ether oxygens (including phenoxy) is 1. The van der Waals surface area contributed by atoms with E-state index in [9.17, 15) is 13.2 Å². The van der Waals surface area contributed by atoms with Crippen LogP contribution in [-0.2, 0) is 0 Å². The second-order valence-corrected chi connectivity index (χ2v) is 5.77. The number of hydrogen-bond acceptors (Lipinski definition) is 3. The molecule has 0 aromatic heterocycles. The molecule has 5 nitrogen and oxygen atoms in total. The molecule has 0 heterocycles. The predicted molar refractivity (Wildman–Crippen MR) is 99.7 cm³/mol. The maximum Gasteiger partial charge on any atom is 0.573 e. The lowest BCUT2D eigenvalue weighted by Gasteiger charge is -2.23. The van der Waals surface area contributed by atoms with E-state index in [1.807, 2.05) is 0 Å². The van der Waals surface area contributed by atoms with Crippen molar-refractivity contribution in [2.24, 2.45) is 22.6 Å². The van der Waals surface area contributed by atoms with Gasteiger partial charge in [-0.3, -0.25) is 4.99 Å². The summed E-state index contributed by atoms with van der Waals surface area (Å²) in [4.78, 5) is 4.26. The van der Waals surface area contributed by atoms with Crippen molar-refractivity contribution < 1.29 is 17.9 Å². The molecule has 1 aliphatic rings. The van der Waals surface area contributed by atoms with Crippen LogP contribution < -0.4 is 15.8 Å². The van der Waals surface area contributed by atoms with Gasteiger partial charge in [0.2, 0.25) is 0 Å². The Kier molecular flexibility index (Phi) is 8.28. The number of anilines is 1. The standard InChI is InChI=1S/C16H19F3N4O.HI/c17-16(18,19)24-14-7-5-13(6-8-14)23-15(21)22-10-12-3-1-11(9-20)2-4-12;/h5-8,11-12H,1-4,10H2,(H3,21,22,23);1H. The summed E-state index contributed by atoms with van der Waals surface area (Å²) in [5.41, 5.74) is 6.32. The zero-order valence-corrected chi connectivity index (χ0v) is 15.8. The Balaban J connectivity index is 0.00000312. The van der Waals surface area contributed by atoms with E-state index in [-0.39, 0.29) is 41.6 Å². The second-order valence-electron chi connectivity index (χ2n) is 5.77. The molecule has 0 bridgehead atoms. The van der Waals surface area contributed by atoms with Gasteiger partial charge in [-0.1, -0.05) is 0 Å². The zero-order valence-electron chi connectivity index (χ0n) is 13.4. The number of alkyl halides is 3. The molecule has 1 fully saturated rings. The van der Waals surface area contributed by atoms with Crippen molar-refractivity contribution in [3.05, 3.63) is 24.3 Å². The van der Waals surface area contributed by atoms with Gasteiger partial charge in [0.05, 0.1) is 6.07 Å². The number of hydrogen-bond donors (Lipinski definition) is 2. The van der Waals surface area contributed by atoms with Gasteiger partial charge in [-0.2, -0.15) is 5.26 Å². The van der Waals surface area contributed by atoms with Crippen molar-refractivity contribution >= 4 is 35.6 Å². The van der Waals surface area contributed by atoms with Gasteiger partial charge in [-0.15, -0.1) is 37.1 Å². The normalized spacial score (nSPS) is 21.0. The fourth-order valence-corrected chi connectivity index (χ4v) is 2.63. The summed E-state index contributed by atoms with van der Waals surface area (Å²) in [5.74, 6) is 0.482. The highest BCUT2D eigenvalue weighted by Crippen LogP contribution is 2.28. The largest absolute Gasteiger partial charge is 0.573 e. The summed E-state index contributed by atoms with van der Waals surface area (Å²) >= 11 is 0. The van der Waals surface area contributed by atoms with E-state index >= 15 is 0 Å². The van der Waals surface area contributed by atoms with Crippen LogP contribution in [-0.4, -0.2) is 18.9 Å². The monoisotopic (exact) mass is 468 g/mol. The van der Waals surface area contributed by atoms with Crippen LogP contribution in [0.25, 0.3) is 0 Å². The SMILES string of the molecule is I.N#CC1CCC(CN=C(N)Nc2ccc(OC(F)(F)F)cc2)CC1. The molecule has 9 heteroatoms. The second kappa shape index (κ2) is 9.70. The van der Waals surface area contributed by atoms with Gasteiger partial charge >= 0.3 is 6.36 Å². The molecule has 0 aliphatic heterocycles. The summed E-state index contributed by atoms with van der Waals surface area (Å²) in [7, 11) is 0. The number of nitrogens with two attached hydrogens (primary N) is 1. The molecule has 25 heavy (non-hydrogen) atoms. The van der Waals surface area contributed by atoms with Gasteiger partial charge in [-0.25, -0.2) is 0 Å². The maximum absolute atomic E-state index is 12.1. The topological polar surface area (TPSA) is 83.4 Å². The molecule has 0 amide bonds. The third-order valence-electron chi connectivity index (χ3n) is 3.91. The van der Waals surface area contributed by atoms with Crippen molar-refractivity contribution in [2.45, 2.75) is 32.0 Å². The van der Waals surface area contributed by atoms with E-state index in [0.29, 0.717) is 18.2 Å². The molecule has 1 aromatic rings. The molecule has 0 unspecified atom stereocenters. The van der Waals surface area contributed by atoms with Crippen molar-refractivity contribution in [1.29, 1.82) is 5.26 Å². The first kappa shape index (κ1) is 21.3. The van der Waals surface area contributed by atoms with Crippen molar-refractivity contribution in [3.63, 3.8) is 0 Å². The molecule has 3 N–H and O–H groups in total. The third kappa shape index (κ3) is 7.81. The molecule has 1 saturated carbocycles. The van der Waals surface area contributed by atoms with E-state index in [2.05, 4.69) is 21.1 Å². The summed E-state index contributed by atoms with van der Waals surface area (Å²) in [6.07, 6.45) is -1.01. The van der Waals surface area contributed by atoms with Gasteiger partial charge in [-0.05, 0) is 55.9 Å². The molecule has 0 spiro atoms. The molecule has 1 aliphatic carbocycles. The Morgan fingerprint density at radius 2 is 1.84 bits per heavy atom. The van der Waals surface area contributed by atoms with Crippen LogP contribution in [0.4, 0.5) is 18.9 Å². The fraction of sp³-hybridized carbons (Fsp3) is 0.500. The average Bonchev–Trinajstić information content (AvgIpc) is 2.54. The van der Waals surface area contributed by atoms with Gasteiger partial charge < -0.3 is 15.8 Å². The third-order valence-corrected chi connectivity index (χ3v) is 3.91. The first-order valence-electron chi connectivity index (χ1n) is 7.68. The summed E-state index contributed by atoms with van der Waals surface area (Å²) in [6.45, 7) is 0.576. The number of nitrogens with zero attached hydrogens (tertiary/aromatic N) is 2. The minimum Gasteiger partial charge on any atom is -0.406 e. The summed E-state index contributed by atoms with van der Waals surface area (Å²) < 4.78 is 40.0. The Labute approximate surface area is 161 Å². The minimum absolute atomic E-state index is 0. The summed E-state index contributed by atoms with van der Waals surface area (Å²) in [6, 6.07) is 7.55. The van der Waals surface area contributed by atoms with Crippen LogP contribution in [0.2, 0.25) is 0 Å². The van der Waals surface area contributed by atoms with Crippen LogP contribution in [0.5, 0.6) is 5.75 Å². The number of nitriles is 1. The lowest BCUT2D eigenvalue weighted by molar-refractivity contribution is -0.274. The van der Waals surface area contributed by atoms with Crippen LogP contribution in [0, 0.1) is 23.2 Å². The number of benzene rings is 1. The number of nitrogens with one attached hydrogen (secondary N) is 1. The molecular formula is C16H20F3IN4O.